The highest BCUT2D eigenvalue weighted by Gasteiger charge is 2.21. The SMILES string of the molecule is Cl.O=C(CNCC1CC1)NC(c1ccccc1)c1ccc(F)cc1. The Kier molecular flexibility index (Phi) is 6.76. The lowest BCUT2D eigenvalue weighted by atomic mass is 9.98. The van der Waals surface area contributed by atoms with Gasteiger partial charge in [-0.15, -0.1) is 12.4 Å². The summed E-state index contributed by atoms with van der Waals surface area (Å²) in [6.45, 7) is 1.21. The van der Waals surface area contributed by atoms with E-state index in [2.05, 4.69) is 10.6 Å². The molecule has 0 heterocycles. The van der Waals surface area contributed by atoms with E-state index in [0.29, 0.717) is 6.54 Å². The molecule has 24 heavy (non-hydrogen) atoms. The van der Waals surface area contributed by atoms with E-state index < -0.39 is 0 Å². The van der Waals surface area contributed by atoms with Crippen LogP contribution in [0.15, 0.2) is 54.6 Å². The monoisotopic (exact) mass is 348 g/mol. The summed E-state index contributed by atoms with van der Waals surface area (Å²) in [5, 5.41) is 6.23. The molecular weight excluding hydrogens is 327 g/mol. The van der Waals surface area contributed by atoms with E-state index in [1.807, 2.05) is 30.3 Å². The van der Waals surface area contributed by atoms with Gasteiger partial charge in [0.05, 0.1) is 12.6 Å². The molecule has 5 heteroatoms. The van der Waals surface area contributed by atoms with E-state index in [9.17, 15) is 9.18 Å². The summed E-state index contributed by atoms with van der Waals surface area (Å²) in [6.07, 6.45) is 2.52. The van der Waals surface area contributed by atoms with Crippen LogP contribution in [0.3, 0.4) is 0 Å². The fourth-order valence-corrected chi connectivity index (χ4v) is 2.58. The first kappa shape index (κ1) is 18.4. The zero-order valence-corrected chi connectivity index (χ0v) is 14.2. The first-order valence-corrected chi connectivity index (χ1v) is 8.03. The standard InChI is InChI=1S/C19H21FN2O.ClH/c20-17-10-8-16(9-11-17)19(15-4-2-1-3-5-15)22-18(23)13-21-12-14-6-7-14;/h1-5,8-11,14,19,21H,6-7,12-13H2,(H,22,23);1H. The number of nitrogens with one attached hydrogen (secondary N) is 2. The van der Waals surface area contributed by atoms with Crippen LogP contribution in [0.5, 0.6) is 0 Å². The van der Waals surface area contributed by atoms with Crippen LogP contribution in [-0.4, -0.2) is 19.0 Å². The van der Waals surface area contributed by atoms with Crippen molar-refractivity contribution in [3.63, 3.8) is 0 Å². The van der Waals surface area contributed by atoms with Crippen molar-refractivity contribution in [1.82, 2.24) is 10.6 Å². The first-order chi connectivity index (χ1) is 11.2. The molecule has 0 saturated heterocycles. The smallest absolute Gasteiger partial charge is 0.234 e. The van der Waals surface area contributed by atoms with Crippen molar-refractivity contribution in [3.8, 4) is 0 Å². The zero-order chi connectivity index (χ0) is 16.1. The number of halogens is 2. The molecule has 1 saturated carbocycles. The molecule has 0 radical (unpaired) electrons. The quantitative estimate of drug-likeness (QED) is 0.804. The Hall–Kier alpha value is -1.91. The normalized spacial score (nSPS) is 14.5. The van der Waals surface area contributed by atoms with Gasteiger partial charge in [0, 0.05) is 0 Å². The van der Waals surface area contributed by atoms with Gasteiger partial charge < -0.3 is 10.6 Å². The predicted octanol–water partition coefficient (Wildman–Crippen LogP) is 3.45. The number of hydrogen-bond acceptors (Lipinski definition) is 2. The Morgan fingerprint density at radius 3 is 2.29 bits per heavy atom. The van der Waals surface area contributed by atoms with E-state index in [1.165, 1.54) is 25.0 Å². The highest BCUT2D eigenvalue weighted by Crippen LogP contribution is 2.27. The maximum absolute atomic E-state index is 13.2. The number of benzene rings is 2. The van der Waals surface area contributed by atoms with E-state index in [-0.39, 0.29) is 30.2 Å². The lowest BCUT2D eigenvalue weighted by Crippen LogP contribution is -2.37. The summed E-state index contributed by atoms with van der Waals surface area (Å²) in [5.74, 6) is 0.409. The zero-order valence-electron chi connectivity index (χ0n) is 13.4. The molecular formula is C19H22ClFN2O. The second-order valence-electron chi connectivity index (χ2n) is 6.04. The Morgan fingerprint density at radius 1 is 1.04 bits per heavy atom. The molecule has 2 aromatic rings. The largest absolute Gasteiger partial charge is 0.344 e. The highest BCUT2D eigenvalue weighted by molar-refractivity contribution is 5.85. The summed E-state index contributed by atoms with van der Waals surface area (Å²) < 4.78 is 13.2. The molecule has 3 rings (SSSR count). The summed E-state index contributed by atoms with van der Waals surface area (Å²) >= 11 is 0. The van der Waals surface area contributed by atoms with Crippen LogP contribution in [0, 0.1) is 11.7 Å². The summed E-state index contributed by atoms with van der Waals surface area (Å²) in [5.41, 5.74) is 1.85. The molecule has 0 spiro atoms. The van der Waals surface area contributed by atoms with Crippen molar-refractivity contribution < 1.29 is 9.18 Å². The molecule has 3 nitrogen and oxygen atoms in total. The van der Waals surface area contributed by atoms with Crippen LogP contribution < -0.4 is 10.6 Å². The Morgan fingerprint density at radius 2 is 1.67 bits per heavy atom. The second kappa shape index (κ2) is 8.81. The number of rotatable bonds is 7. The predicted molar refractivity (Wildman–Crippen MR) is 95.7 cm³/mol. The van der Waals surface area contributed by atoms with Crippen molar-refractivity contribution in [1.29, 1.82) is 0 Å². The molecule has 0 bridgehead atoms. The molecule has 1 aliphatic carbocycles. The van der Waals surface area contributed by atoms with E-state index in [1.54, 1.807) is 12.1 Å². The van der Waals surface area contributed by atoms with Gasteiger partial charge in [-0.1, -0.05) is 42.5 Å². The molecule has 128 valence electrons. The highest BCUT2D eigenvalue weighted by atomic mass is 35.5. The van der Waals surface area contributed by atoms with Crippen molar-refractivity contribution >= 4 is 18.3 Å². The lowest BCUT2D eigenvalue weighted by Gasteiger charge is -2.20. The van der Waals surface area contributed by atoms with Crippen LogP contribution in [0.1, 0.15) is 30.0 Å². The fraction of sp³-hybridized carbons (Fsp3) is 0.316. The maximum atomic E-state index is 13.2. The van der Waals surface area contributed by atoms with Gasteiger partial charge in [0.25, 0.3) is 0 Å². The van der Waals surface area contributed by atoms with E-state index in [4.69, 9.17) is 0 Å². The molecule has 2 aromatic carbocycles. The van der Waals surface area contributed by atoms with Crippen LogP contribution in [0.25, 0.3) is 0 Å². The third kappa shape index (κ3) is 5.32. The molecule has 1 aliphatic rings. The van der Waals surface area contributed by atoms with E-state index in [0.717, 1.165) is 23.6 Å². The van der Waals surface area contributed by atoms with Gasteiger partial charge in [0.2, 0.25) is 5.91 Å². The maximum Gasteiger partial charge on any atom is 0.234 e. The van der Waals surface area contributed by atoms with Crippen LogP contribution in [0.4, 0.5) is 4.39 Å². The van der Waals surface area contributed by atoms with Gasteiger partial charge in [-0.2, -0.15) is 0 Å². The molecule has 0 aliphatic heterocycles. The molecule has 1 unspecified atom stereocenters. The minimum atomic E-state index is -0.280. The minimum absolute atomic E-state index is 0. The van der Waals surface area contributed by atoms with Gasteiger partial charge in [0.1, 0.15) is 5.82 Å². The van der Waals surface area contributed by atoms with Gasteiger partial charge in [-0.25, -0.2) is 4.39 Å². The Bertz CT molecular complexity index is 644. The second-order valence-corrected chi connectivity index (χ2v) is 6.04. The molecule has 2 N–H and O–H groups in total. The Balaban J connectivity index is 0.00000208. The van der Waals surface area contributed by atoms with Gasteiger partial charge in [-0.3, -0.25) is 4.79 Å². The number of amides is 1. The van der Waals surface area contributed by atoms with Crippen molar-refractivity contribution in [2.24, 2.45) is 5.92 Å². The first-order valence-electron chi connectivity index (χ1n) is 8.03. The summed E-state index contributed by atoms with van der Waals surface area (Å²) in [6, 6.07) is 15.7. The topological polar surface area (TPSA) is 41.1 Å². The molecule has 1 atom stereocenters. The minimum Gasteiger partial charge on any atom is -0.344 e. The molecule has 1 fully saturated rings. The van der Waals surface area contributed by atoms with Crippen LogP contribution in [0.2, 0.25) is 0 Å². The molecule has 0 aromatic heterocycles. The van der Waals surface area contributed by atoms with Crippen molar-refractivity contribution in [2.75, 3.05) is 13.1 Å². The van der Waals surface area contributed by atoms with E-state index >= 15 is 0 Å². The number of hydrogen-bond donors (Lipinski definition) is 2. The summed E-state index contributed by atoms with van der Waals surface area (Å²) in [4.78, 5) is 12.2. The van der Waals surface area contributed by atoms with Crippen LogP contribution >= 0.6 is 12.4 Å². The average molecular weight is 349 g/mol. The fourth-order valence-electron chi connectivity index (χ4n) is 2.58. The van der Waals surface area contributed by atoms with Gasteiger partial charge >= 0.3 is 0 Å². The third-order valence-corrected chi connectivity index (χ3v) is 4.06. The van der Waals surface area contributed by atoms with Gasteiger partial charge in [-0.05, 0) is 48.6 Å². The molecule has 1 amide bonds. The van der Waals surface area contributed by atoms with Crippen molar-refractivity contribution in [2.45, 2.75) is 18.9 Å². The van der Waals surface area contributed by atoms with Crippen LogP contribution in [-0.2, 0) is 4.79 Å². The third-order valence-electron chi connectivity index (χ3n) is 4.06. The lowest BCUT2D eigenvalue weighted by molar-refractivity contribution is -0.120. The summed E-state index contributed by atoms with van der Waals surface area (Å²) in [7, 11) is 0. The number of carbonyl (C=O) groups excluding carboxylic acids is 1. The van der Waals surface area contributed by atoms with Gasteiger partial charge in [0.15, 0.2) is 0 Å². The average Bonchev–Trinajstić information content (AvgIpc) is 3.39. The number of carbonyl (C=O) groups is 1. The Labute approximate surface area is 148 Å². The van der Waals surface area contributed by atoms with Crippen molar-refractivity contribution in [3.05, 3.63) is 71.5 Å².